The number of carbonyl (C=O) groups is 3. The van der Waals surface area contributed by atoms with Crippen LogP contribution in [0.25, 0.3) is 0 Å². The van der Waals surface area contributed by atoms with E-state index in [9.17, 15) is 19.5 Å². The van der Waals surface area contributed by atoms with E-state index in [-0.39, 0.29) is 28.8 Å². The maximum absolute atomic E-state index is 13.0. The zero-order valence-corrected chi connectivity index (χ0v) is 21.4. The standard InChI is InChI=1S/C19H20N6O5S4/c1-3-30-23-11(10-8-34-18(20)21-10)14(26)22-12-15(27)25-13(17(28)29)9(7-33-16(12)25)6-24-4-5-32-19(24)31-2/h4-5,8,12,16H,3,6-7H2,1-2H3,(H3-,20,21,22,26,28,29)/p+1/b23-11+/t12?,16-/m1/s1. The van der Waals surface area contributed by atoms with Gasteiger partial charge in [0.05, 0.1) is 5.38 Å². The van der Waals surface area contributed by atoms with Crippen LogP contribution >= 0.6 is 46.2 Å². The molecule has 2 aromatic rings. The van der Waals surface area contributed by atoms with Crippen molar-refractivity contribution in [1.29, 1.82) is 0 Å². The molecule has 34 heavy (non-hydrogen) atoms. The average Bonchev–Trinajstić information content (AvgIpc) is 3.45. The van der Waals surface area contributed by atoms with Gasteiger partial charge in [0, 0.05) is 16.7 Å². The second kappa shape index (κ2) is 10.3. The molecule has 0 saturated carbocycles. The number of amides is 2. The molecule has 15 heteroatoms. The lowest BCUT2D eigenvalue weighted by atomic mass is 10.0. The minimum Gasteiger partial charge on any atom is -0.477 e. The van der Waals surface area contributed by atoms with Gasteiger partial charge in [-0.15, -0.1) is 23.1 Å². The van der Waals surface area contributed by atoms with E-state index in [4.69, 9.17) is 10.6 Å². The van der Waals surface area contributed by atoms with E-state index < -0.39 is 29.2 Å². The summed E-state index contributed by atoms with van der Waals surface area (Å²) >= 11 is 5.69. The van der Waals surface area contributed by atoms with Crippen molar-refractivity contribution in [1.82, 2.24) is 15.2 Å². The quantitative estimate of drug-likeness (QED) is 0.139. The summed E-state index contributed by atoms with van der Waals surface area (Å²) in [6, 6.07) is -0.897. The van der Waals surface area contributed by atoms with E-state index in [0.29, 0.717) is 17.9 Å². The molecule has 4 rings (SSSR count). The van der Waals surface area contributed by atoms with Gasteiger partial charge in [0.1, 0.15) is 29.4 Å². The number of carboxylic acids is 1. The molecule has 1 fully saturated rings. The Hall–Kier alpha value is -2.62. The summed E-state index contributed by atoms with van der Waals surface area (Å²) < 4.78 is 3.00. The number of hydrogen-bond donors (Lipinski definition) is 3. The Morgan fingerprint density at radius 2 is 2.26 bits per heavy atom. The molecule has 180 valence electrons. The number of carbonyl (C=O) groups excluding carboxylic acids is 2. The summed E-state index contributed by atoms with van der Waals surface area (Å²) in [7, 11) is 0. The molecule has 2 amide bonds. The molecule has 2 aromatic heterocycles. The minimum absolute atomic E-state index is 0.0273. The number of hydrogen-bond acceptors (Lipinski definition) is 11. The highest BCUT2D eigenvalue weighted by atomic mass is 32.2. The molecule has 1 saturated heterocycles. The number of anilines is 1. The lowest BCUT2D eigenvalue weighted by Crippen LogP contribution is -2.71. The summed E-state index contributed by atoms with van der Waals surface area (Å²) in [6.45, 7) is 2.33. The Morgan fingerprint density at radius 1 is 1.47 bits per heavy atom. The number of aromatic nitrogens is 2. The third-order valence-electron chi connectivity index (χ3n) is 4.98. The first-order valence-corrected chi connectivity index (χ1v) is 14.0. The maximum atomic E-state index is 13.0. The lowest BCUT2D eigenvalue weighted by molar-refractivity contribution is -0.718. The van der Waals surface area contributed by atoms with Crippen molar-refractivity contribution in [3.8, 4) is 0 Å². The average molecular weight is 542 g/mol. The molecule has 0 aromatic carbocycles. The Labute approximate surface area is 211 Å². The van der Waals surface area contributed by atoms with Crippen molar-refractivity contribution in [3.05, 3.63) is 33.9 Å². The van der Waals surface area contributed by atoms with Crippen molar-refractivity contribution < 1.29 is 28.9 Å². The molecule has 2 atom stereocenters. The maximum Gasteiger partial charge on any atom is 0.352 e. The highest BCUT2D eigenvalue weighted by Gasteiger charge is 2.55. The number of thiazole rings is 2. The van der Waals surface area contributed by atoms with Gasteiger partial charge in [0.15, 0.2) is 23.6 Å². The number of rotatable bonds is 9. The fourth-order valence-corrected chi connectivity index (χ4v) is 6.90. The number of β-lactam (4-membered cyclic amide) rings is 1. The number of nitrogens with one attached hydrogen (secondary N) is 1. The topological polar surface area (TPSA) is 151 Å². The highest BCUT2D eigenvalue weighted by molar-refractivity contribution is 8.00. The summed E-state index contributed by atoms with van der Waals surface area (Å²) in [4.78, 5) is 48.4. The molecule has 0 spiro atoms. The number of fused-ring (bicyclic) bond motifs is 1. The number of nitrogens with zero attached hydrogens (tertiary/aromatic N) is 4. The van der Waals surface area contributed by atoms with Crippen molar-refractivity contribution in [2.45, 2.75) is 29.2 Å². The predicted molar refractivity (Wildman–Crippen MR) is 131 cm³/mol. The van der Waals surface area contributed by atoms with Crippen LogP contribution in [0.2, 0.25) is 0 Å². The first-order valence-electron chi connectivity index (χ1n) is 9.98. The molecule has 2 aliphatic rings. The van der Waals surface area contributed by atoms with Crippen LogP contribution in [0, 0.1) is 0 Å². The van der Waals surface area contributed by atoms with Crippen LogP contribution in [0.15, 0.2) is 37.7 Å². The normalized spacial score (nSPS) is 20.1. The fraction of sp³-hybridized carbons (Fsp3) is 0.368. The third-order valence-corrected chi connectivity index (χ3v) is 9.06. The van der Waals surface area contributed by atoms with E-state index in [2.05, 4.69) is 15.5 Å². The van der Waals surface area contributed by atoms with E-state index >= 15 is 0 Å². The van der Waals surface area contributed by atoms with E-state index in [1.807, 2.05) is 22.4 Å². The van der Waals surface area contributed by atoms with Gasteiger partial charge in [-0.1, -0.05) is 16.5 Å². The van der Waals surface area contributed by atoms with Crippen molar-refractivity contribution in [2.24, 2.45) is 5.16 Å². The highest BCUT2D eigenvalue weighted by Crippen LogP contribution is 2.40. The van der Waals surface area contributed by atoms with E-state index in [1.54, 1.807) is 35.4 Å². The first kappa shape index (κ1) is 24.5. The van der Waals surface area contributed by atoms with Crippen molar-refractivity contribution in [3.63, 3.8) is 0 Å². The van der Waals surface area contributed by atoms with Crippen LogP contribution in [-0.2, 0) is 25.8 Å². The first-order chi connectivity index (χ1) is 16.3. The largest absolute Gasteiger partial charge is 0.477 e. The molecule has 4 heterocycles. The van der Waals surface area contributed by atoms with Crippen LogP contribution in [-0.4, -0.2) is 68.5 Å². The Kier molecular flexibility index (Phi) is 7.45. The smallest absolute Gasteiger partial charge is 0.352 e. The Bertz CT molecular complexity index is 1190. The molecule has 11 nitrogen and oxygen atoms in total. The van der Waals surface area contributed by atoms with Gasteiger partial charge in [0.25, 0.3) is 16.2 Å². The molecule has 0 radical (unpaired) electrons. The second-order valence-corrected chi connectivity index (χ2v) is 11.0. The van der Waals surface area contributed by atoms with Gasteiger partial charge >= 0.3 is 5.97 Å². The van der Waals surface area contributed by atoms with Crippen LogP contribution in [0.4, 0.5) is 5.13 Å². The molecular formula is C19H21N6O5S4+. The van der Waals surface area contributed by atoms with Gasteiger partial charge in [0.2, 0.25) is 0 Å². The number of thioether (sulfide) groups is 2. The van der Waals surface area contributed by atoms with E-state index in [1.165, 1.54) is 16.7 Å². The minimum atomic E-state index is -1.17. The summed E-state index contributed by atoms with van der Waals surface area (Å²) in [5.41, 5.74) is 6.42. The summed E-state index contributed by atoms with van der Waals surface area (Å²) in [5.74, 6) is -1.89. The molecule has 4 N–H and O–H groups in total. The predicted octanol–water partition coefficient (Wildman–Crippen LogP) is 0.976. The van der Waals surface area contributed by atoms with Gasteiger partial charge in [-0.2, -0.15) is 4.57 Å². The molecule has 0 aliphatic carbocycles. The summed E-state index contributed by atoms with van der Waals surface area (Å²) in [5, 5.41) is 19.6. The second-order valence-electron chi connectivity index (χ2n) is 7.05. The molecule has 0 bridgehead atoms. The third kappa shape index (κ3) is 4.64. The SMILES string of the molecule is CCO/N=C(/C(=O)NC1C(=O)N2C(C(=O)O)=C(C[n+]3ccsc3SC)CS[C@H]12)c1csc(N)n1. The Morgan fingerprint density at radius 3 is 2.91 bits per heavy atom. The molecule has 1 unspecified atom stereocenters. The zero-order chi connectivity index (χ0) is 24.4. The van der Waals surface area contributed by atoms with E-state index in [0.717, 1.165) is 15.7 Å². The van der Waals surface area contributed by atoms with Gasteiger partial charge < -0.3 is 21.0 Å². The molecular weight excluding hydrogens is 521 g/mol. The number of oxime groups is 1. The number of carboxylic acid groups (broad SMARTS) is 1. The van der Waals surface area contributed by atoms with Crippen LogP contribution in [0.3, 0.4) is 0 Å². The number of nitrogens with two attached hydrogens (primary N) is 1. The number of aliphatic carboxylic acids is 1. The molecule has 2 aliphatic heterocycles. The van der Waals surface area contributed by atoms with Crippen LogP contribution in [0.5, 0.6) is 0 Å². The van der Waals surface area contributed by atoms with Gasteiger partial charge in [-0.25, -0.2) is 9.78 Å². The lowest BCUT2D eigenvalue weighted by Gasteiger charge is -2.49. The van der Waals surface area contributed by atoms with Gasteiger partial charge in [-0.3, -0.25) is 14.5 Å². The monoisotopic (exact) mass is 541 g/mol. The van der Waals surface area contributed by atoms with Crippen molar-refractivity contribution >= 4 is 74.8 Å². The summed E-state index contributed by atoms with van der Waals surface area (Å²) in [6.07, 6.45) is 3.85. The number of nitrogen functional groups attached to an aromatic ring is 1. The zero-order valence-electron chi connectivity index (χ0n) is 18.1. The van der Waals surface area contributed by atoms with Crippen molar-refractivity contribution in [2.75, 3.05) is 24.3 Å². The van der Waals surface area contributed by atoms with Crippen LogP contribution in [0.1, 0.15) is 12.6 Å². The van der Waals surface area contributed by atoms with Gasteiger partial charge in [-0.05, 0) is 24.9 Å². The fourth-order valence-electron chi connectivity index (χ4n) is 3.52. The van der Waals surface area contributed by atoms with Crippen LogP contribution < -0.4 is 15.6 Å². The Balaban J connectivity index is 1.54.